The summed E-state index contributed by atoms with van der Waals surface area (Å²) in [7, 11) is 1.35. The third kappa shape index (κ3) is 4.73. The Morgan fingerprint density at radius 2 is 1.90 bits per heavy atom. The topological polar surface area (TPSA) is 79.0 Å². The molecule has 0 saturated carbocycles. The number of thiocarbonyl (C=S) groups is 1. The van der Waals surface area contributed by atoms with Crippen LogP contribution >= 0.6 is 12.2 Å². The van der Waals surface area contributed by atoms with E-state index < -0.39 is 5.97 Å². The van der Waals surface area contributed by atoms with Gasteiger partial charge in [-0.25, -0.2) is 9.78 Å². The Hall–Kier alpha value is -3.71. The van der Waals surface area contributed by atoms with Crippen molar-refractivity contribution in [2.75, 3.05) is 17.7 Å². The number of pyridine rings is 1. The van der Waals surface area contributed by atoms with Crippen LogP contribution in [0.25, 0.3) is 11.0 Å². The fourth-order valence-electron chi connectivity index (χ4n) is 3.26. The number of nitrogens with zero attached hydrogens (tertiary/aromatic N) is 1. The molecule has 0 aliphatic rings. The van der Waals surface area contributed by atoms with E-state index in [2.05, 4.69) is 39.7 Å². The number of aromatic amines is 1. The smallest absolute Gasteiger partial charge is 0.354 e. The van der Waals surface area contributed by atoms with Gasteiger partial charge in [0, 0.05) is 23.2 Å². The number of H-pyrrole nitrogens is 1. The van der Waals surface area contributed by atoms with E-state index >= 15 is 0 Å². The van der Waals surface area contributed by atoms with Crippen LogP contribution in [0.2, 0.25) is 0 Å². The van der Waals surface area contributed by atoms with Crippen LogP contribution in [0.3, 0.4) is 0 Å². The molecule has 0 fully saturated rings. The number of esters is 1. The molecule has 2 aromatic heterocycles. The number of hydrogen-bond donors (Lipinski definition) is 3. The normalized spacial score (nSPS) is 10.6. The fraction of sp³-hybridized carbons (Fsp3) is 0.125. The van der Waals surface area contributed by atoms with E-state index in [1.165, 1.54) is 12.7 Å². The van der Waals surface area contributed by atoms with E-state index in [1.54, 1.807) is 12.3 Å². The number of fused-ring (bicyclic) bond motifs is 1. The molecule has 0 spiro atoms. The molecule has 156 valence electrons. The Labute approximate surface area is 185 Å². The number of carbonyl (C=O) groups is 1. The van der Waals surface area contributed by atoms with Crippen LogP contribution in [0.5, 0.6) is 0 Å². The summed E-state index contributed by atoms with van der Waals surface area (Å²) >= 11 is 5.52. The van der Waals surface area contributed by atoms with Crippen LogP contribution < -0.4 is 10.6 Å². The molecule has 0 saturated heterocycles. The van der Waals surface area contributed by atoms with Gasteiger partial charge in [-0.3, -0.25) is 0 Å². The van der Waals surface area contributed by atoms with Crippen LogP contribution in [0.4, 0.5) is 11.4 Å². The van der Waals surface area contributed by atoms with Gasteiger partial charge in [-0.15, -0.1) is 0 Å². The zero-order chi connectivity index (χ0) is 21.8. The Morgan fingerprint density at radius 1 is 1.10 bits per heavy atom. The molecule has 0 aliphatic carbocycles. The average Bonchev–Trinajstić information content (AvgIpc) is 3.23. The van der Waals surface area contributed by atoms with Crippen LogP contribution in [0, 0.1) is 6.92 Å². The van der Waals surface area contributed by atoms with Crippen molar-refractivity contribution in [2.45, 2.75) is 13.5 Å². The molecule has 6 nitrogen and oxygen atoms in total. The highest BCUT2D eigenvalue weighted by Crippen LogP contribution is 2.21. The molecule has 4 rings (SSSR count). The minimum absolute atomic E-state index is 0.381. The van der Waals surface area contributed by atoms with Crippen molar-refractivity contribution in [3.63, 3.8) is 0 Å². The summed E-state index contributed by atoms with van der Waals surface area (Å²) < 4.78 is 4.75. The number of hydrogen-bond acceptors (Lipinski definition) is 5. The van der Waals surface area contributed by atoms with Gasteiger partial charge in [0.2, 0.25) is 0 Å². The lowest BCUT2D eigenvalue weighted by Crippen LogP contribution is -2.11. The zero-order valence-electron chi connectivity index (χ0n) is 17.2. The summed E-state index contributed by atoms with van der Waals surface area (Å²) in [4.78, 5) is 19.7. The molecule has 0 radical (unpaired) electrons. The van der Waals surface area contributed by atoms with Crippen LogP contribution in [0.15, 0.2) is 66.9 Å². The molecule has 3 N–H and O–H groups in total. The predicted molar refractivity (Wildman–Crippen MR) is 128 cm³/mol. The minimum Gasteiger partial charge on any atom is -0.464 e. The summed E-state index contributed by atoms with van der Waals surface area (Å²) in [6.07, 6.45) is 1.74. The molecule has 0 atom stereocenters. The Morgan fingerprint density at radius 3 is 2.68 bits per heavy atom. The number of aromatic nitrogens is 2. The molecular weight excluding hydrogens is 408 g/mol. The number of methoxy groups -OCH3 is 1. The molecule has 31 heavy (non-hydrogen) atoms. The van der Waals surface area contributed by atoms with Gasteiger partial charge in [-0.05, 0) is 42.3 Å². The highest BCUT2D eigenvalue weighted by atomic mass is 32.1. The quantitative estimate of drug-likeness (QED) is 0.293. The van der Waals surface area contributed by atoms with Gasteiger partial charge in [-0.2, -0.15) is 0 Å². The maximum Gasteiger partial charge on any atom is 0.354 e. The second-order valence-corrected chi connectivity index (χ2v) is 7.56. The van der Waals surface area contributed by atoms with Crippen molar-refractivity contribution in [3.05, 3.63) is 89.2 Å². The van der Waals surface area contributed by atoms with Crippen LogP contribution in [-0.2, 0) is 11.3 Å². The van der Waals surface area contributed by atoms with Gasteiger partial charge in [0.05, 0.1) is 19.0 Å². The highest BCUT2D eigenvalue weighted by Gasteiger charge is 2.11. The van der Waals surface area contributed by atoms with Gasteiger partial charge < -0.3 is 20.4 Å². The van der Waals surface area contributed by atoms with Crippen molar-refractivity contribution in [3.8, 4) is 0 Å². The second-order valence-electron chi connectivity index (χ2n) is 7.15. The summed E-state index contributed by atoms with van der Waals surface area (Å²) in [5, 5.41) is 7.55. The van der Waals surface area contributed by atoms with Crippen molar-refractivity contribution < 1.29 is 9.53 Å². The molecule has 2 aromatic carbocycles. The second kappa shape index (κ2) is 8.97. The third-order valence-corrected chi connectivity index (χ3v) is 5.34. The number of aryl methyl sites for hydroxylation is 1. The van der Waals surface area contributed by atoms with E-state index in [4.69, 9.17) is 17.0 Å². The highest BCUT2D eigenvalue weighted by molar-refractivity contribution is 7.81. The largest absolute Gasteiger partial charge is 0.464 e. The minimum atomic E-state index is -0.416. The first kappa shape index (κ1) is 20.6. The molecule has 0 aliphatic heterocycles. The van der Waals surface area contributed by atoms with Crippen molar-refractivity contribution in [2.24, 2.45) is 0 Å². The third-order valence-electron chi connectivity index (χ3n) is 5.00. The van der Waals surface area contributed by atoms with Gasteiger partial charge in [-0.1, -0.05) is 48.6 Å². The van der Waals surface area contributed by atoms with Crippen LogP contribution in [0.1, 0.15) is 27.2 Å². The van der Waals surface area contributed by atoms with Gasteiger partial charge in [0.1, 0.15) is 16.3 Å². The zero-order valence-corrected chi connectivity index (χ0v) is 18.0. The van der Waals surface area contributed by atoms with Gasteiger partial charge in [0.25, 0.3) is 0 Å². The number of benzene rings is 2. The summed E-state index contributed by atoms with van der Waals surface area (Å²) in [5.74, 6) is -0.416. The molecule has 4 aromatic rings. The molecule has 2 heterocycles. The number of rotatable bonds is 6. The summed E-state index contributed by atoms with van der Waals surface area (Å²) in [6, 6.07) is 19.8. The number of ether oxygens (including phenoxy) is 1. The predicted octanol–water partition coefficient (Wildman–Crippen LogP) is 5.06. The summed E-state index contributed by atoms with van der Waals surface area (Å²) in [6.45, 7) is 2.70. The van der Waals surface area contributed by atoms with Crippen LogP contribution in [-0.4, -0.2) is 28.0 Å². The average molecular weight is 431 g/mol. The lowest BCUT2D eigenvalue weighted by molar-refractivity contribution is 0.0595. The van der Waals surface area contributed by atoms with Crippen molar-refractivity contribution in [1.29, 1.82) is 0 Å². The Bertz CT molecular complexity index is 1250. The standard InChI is InChI=1S/C24H22N4O2S/c1-15-8-9-19(27-23(31)16-6-4-3-5-7-16)11-18(15)13-25-20-10-17-12-21(24(29)30-2)28-22(17)26-14-20/h3-12,14,25H,13H2,1-2H3,(H,26,28)(H,27,31). The first-order chi connectivity index (χ1) is 15.0. The SMILES string of the molecule is COC(=O)c1cc2cc(NCc3cc(NC(=S)c4ccccc4)ccc3C)cnc2[nH]1. The molecule has 0 unspecified atom stereocenters. The van der Waals surface area contributed by atoms with E-state index in [9.17, 15) is 4.79 Å². The molecule has 7 heteroatoms. The molecular formula is C24H22N4O2S. The maximum atomic E-state index is 11.7. The van der Waals surface area contributed by atoms with Crippen molar-refractivity contribution in [1.82, 2.24) is 9.97 Å². The Balaban J connectivity index is 1.47. The first-order valence-corrected chi connectivity index (χ1v) is 10.2. The lowest BCUT2D eigenvalue weighted by Gasteiger charge is -2.13. The van der Waals surface area contributed by atoms with E-state index in [0.29, 0.717) is 22.9 Å². The van der Waals surface area contributed by atoms with E-state index in [-0.39, 0.29) is 0 Å². The fourth-order valence-corrected chi connectivity index (χ4v) is 3.52. The molecule has 0 amide bonds. The van der Waals surface area contributed by atoms with Gasteiger partial charge >= 0.3 is 5.97 Å². The maximum absolute atomic E-state index is 11.7. The first-order valence-electron chi connectivity index (χ1n) is 9.80. The number of nitrogens with one attached hydrogen (secondary N) is 3. The molecule has 0 bridgehead atoms. The van der Waals surface area contributed by atoms with E-state index in [1.807, 2.05) is 42.5 Å². The van der Waals surface area contributed by atoms with Gasteiger partial charge in [0.15, 0.2) is 0 Å². The number of carbonyl (C=O) groups excluding carboxylic acids is 1. The monoisotopic (exact) mass is 430 g/mol. The summed E-state index contributed by atoms with van der Waals surface area (Å²) in [5.41, 5.74) is 6.13. The van der Waals surface area contributed by atoms with Crippen molar-refractivity contribution >= 4 is 45.6 Å². The Kier molecular flexibility index (Phi) is 5.95. The number of anilines is 2. The lowest BCUT2D eigenvalue weighted by atomic mass is 10.1. The van der Waals surface area contributed by atoms with E-state index in [0.717, 1.165) is 27.9 Å².